The fourth-order valence-electron chi connectivity index (χ4n) is 3.47. The van der Waals surface area contributed by atoms with Gasteiger partial charge in [-0.05, 0) is 38.5 Å². The van der Waals surface area contributed by atoms with E-state index in [9.17, 15) is 14.7 Å². The Kier molecular flexibility index (Phi) is 4.13. The van der Waals surface area contributed by atoms with E-state index in [1.807, 2.05) is 18.7 Å². The molecule has 3 unspecified atom stereocenters. The van der Waals surface area contributed by atoms with E-state index in [0.29, 0.717) is 5.92 Å². The summed E-state index contributed by atoms with van der Waals surface area (Å²) in [7, 11) is 1.78. The highest BCUT2D eigenvalue weighted by atomic mass is 16.4. The smallest absolute Gasteiger partial charge is 0.321 e. The van der Waals surface area contributed by atoms with Crippen molar-refractivity contribution in [3.8, 4) is 0 Å². The molecule has 2 rings (SSSR count). The number of nitrogens with zero attached hydrogens (tertiary/aromatic N) is 2. The number of rotatable bonds is 4. The molecule has 1 saturated carbocycles. The maximum atomic E-state index is 12.1. The lowest BCUT2D eigenvalue weighted by Crippen LogP contribution is -2.46. The second-order valence-corrected chi connectivity index (χ2v) is 6.17. The molecule has 1 saturated heterocycles. The average molecular weight is 268 g/mol. The quantitative estimate of drug-likeness (QED) is 0.827. The predicted octanol–water partition coefficient (Wildman–Crippen LogP) is 1.04. The first-order valence-corrected chi connectivity index (χ1v) is 7.14. The zero-order chi connectivity index (χ0) is 14.2. The highest BCUT2D eigenvalue weighted by molar-refractivity contribution is 5.80. The second kappa shape index (κ2) is 5.49. The molecule has 0 radical (unpaired) electrons. The number of likely N-dealkylation sites (N-methyl/N-ethyl adjacent to an activating group) is 1. The number of amides is 1. The van der Waals surface area contributed by atoms with Crippen LogP contribution in [0.25, 0.3) is 0 Å². The summed E-state index contributed by atoms with van der Waals surface area (Å²) in [4.78, 5) is 27.2. The molecule has 0 bridgehead atoms. The van der Waals surface area contributed by atoms with Crippen molar-refractivity contribution in [2.45, 2.75) is 45.2 Å². The number of carbonyl (C=O) groups is 2. The van der Waals surface area contributed by atoms with Gasteiger partial charge in [0.2, 0.25) is 5.91 Å². The lowest BCUT2D eigenvalue weighted by atomic mass is 9.94. The Labute approximate surface area is 114 Å². The Morgan fingerprint density at radius 3 is 2.63 bits per heavy atom. The number of carbonyl (C=O) groups excluding carboxylic acids is 1. The van der Waals surface area contributed by atoms with Crippen molar-refractivity contribution >= 4 is 11.9 Å². The van der Waals surface area contributed by atoms with E-state index in [1.54, 1.807) is 11.9 Å². The number of hydrogen-bond donors (Lipinski definition) is 1. The molecule has 0 aromatic heterocycles. The minimum atomic E-state index is -0.769. The first kappa shape index (κ1) is 14.3. The third-order valence-electron chi connectivity index (χ3n) is 4.75. The standard InChI is InChI=1S/C14H24N2O3/c1-9(2)15(3)12(17)8-16-7-10-5-4-6-11(10)13(16)14(18)19/h9-11,13H,4-8H2,1-3H3,(H,18,19). The van der Waals surface area contributed by atoms with E-state index in [1.165, 1.54) is 0 Å². The van der Waals surface area contributed by atoms with Crippen LogP contribution >= 0.6 is 0 Å². The molecule has 19 heavy (non-hydrogen) atoms. The number of fused-ring (bicyclic) bond motifs is 1. The first-order valence-electron chi connectivity index (χ1n) is 7.14. The molecule has 1 heterocycles. The van der Waals surface area contributed by atoms with Crippen molar-refractivity contribution in [1.29, 1.82) is 0 Å². The molecule has 0 aromatic rings. The summed E-state index contributed by atoms with van der Waals surface area (Å²) in [6, 6.07) is -0.310. The second-order valence-electron chi connectivity index (χ2n) is 6.17. The number of carboxylic acids is 1. The summed E-state index contributed by atoms with van der Waals surface area (Å²) in [5, 5.41) is 9.42. The van der Waals surface area contributed by atoms with Gasteiger partial charge in [-0.1, -0.05) is 6.42 Å². The van der Waals surface area contributed by atoms with Crippen molar-refractivity contribution in [1.82, 2.24) is 9.80 Å². The van der Waals surface area contributed by atoms with Crippen LogP contribution in [0.5, 0.6) is 0 Å². The molecule has 1 aliphatic carbocycles. The molecule has 1 N–H and O–H groups in total. The summed E-state index contributed by atoms with van der Waals surface area (Å²) in [5.41, 5.74) is 0. The number of likely N-dealkylation sites (tertiary alicyclic amines) is 1. The van der Waals surface area contributed by atoms with Crippen LogP contribution in [0.3, 0.4) is 0 Å². The van der Waals surface area contributed by atoms with Gasteiger partial charge in [-0.25, -0.2) is 0 Å². The molecule has 0 spiro atoms. The van der Waals surface area contributed by atoms with Crippen LogP contribution in [0.4, 0.5) is 0 Å². The fourth-order valence-corrected chi connectivity index (χ4v) is 3.47. The SMILES string of the molecule is CC(C)N(C)C(=O)CN1CC2CCCC2C1C(=O)O. The average Bonchev–Trinajstić information content (AvgIpc) is 2.86. The number of aliphatic carboxylic acids is 1. The maximum absolute atomic E-state index is 12.1. The summed E-state index contributed by atoms with van der Waals surface area (Å²) >= 11 is 0. The van der Waals surface area contributed by atoms with Crippen LogP contribution < -0.4 is 0 Å². The molecule has 1 amide bonds. The van der Waals surface area contributed by atoms with Gasteiger partial charge in [0.15, 0.2) is 0 Å². The van der Waals surface area contributed by atoms with E-state index < -0.39 is 12.0 Å². The Bertz CT molecular complexity index is 370. The van der Waals surface area contributed by atoms with Gasteiger partial charge in [-0.3, -0.25) is 14.5 Å². The van der Waals surface area contributed by atoms with Gasteiger partial charge in [-0.15, -0.1) is 0 Å². The zero-order valence-electron chi connectivity index (χ0n) is 12.0. The summed E-state index contributed by atoms with van der Waals surface area (Å²) in [5.74, 6) is -0.0384. The molecular weight excluding hydrogens is 244 g/mol. The maximum Gasteiger partial charge on any atom is 0.321 e. The largest absolute Gasteiger partial charge is 0.480 e. The van der Waals surface area contributed by atoms with Gasteiger partial charge in [-0.2, -0.15) is 0 Å². The van der Waals surface area contributed by atoms with E-state index >= 15 is 0 Å². The van der Waals surface area contributed by atoms with Gasteiger partial charge < -0.3 is 10.0 Å². The molecule has 2 fully saturated rings. The van der Waals surface area contributed by atoms with Crippen molar-refractivity contribution in [3.05, 3.63) is 0 Å². The van der Waals surface area contributed by atoms with E-state index in [2.05, 4.69) is 0 Å². The van der Waals surface area contributed by atoms with Gasteiger partial charge >= 0.3 is 5.97 Å². The number of hydrogen-bond acceptors (Lipinski definition) is 3. The van der Waals surface area contributed by atoms with Crippen molar-refractivity contribution < 1.29 is 14.7 Å². The molecule has 2 aliphatic rings. The van der Waals surface area contributed by atoms with Crippen LogP contribution in [0.2, 0.25) is 0 Å². The minimum Gasteiger partial charge on any atom is -0.480 e. The summed E-state index contributed by atoms with van der Waals surface area (Å²) in [6.07, 6.45) is 3.23. The molecule has 108 valence electrons. The first-order chi connectivity index (χ1) is 8.91. The molecule has 3 atom stereocenters. The zero-order valence-corrected chi connectivity index (χ0v) is 12.0. The van der Waals surface area contributed by atoms with Crippen LogP contribution in [0.15, 0.2) is 0 Å². The van der Waals surface area contributed by atoms with Crippen LogP contribution in [-0.4, -0.2) is 59.0 Å². The van der Waals surface area contributed by atoms with Crippen LogP contribution in [0, 0.1) is 11.8 Å². The molecular formula is C14H24N2O3. The Balaban J connectivity index is 2.03. The molecule has 1 aliphatic heterocycles. The van der Waals surface area contributed by atoms with E-state index in [-0.39, 0.29) is 24.4 Å². The van der Waals surface area contributed by atoms with Gasteiger partial charge in [0, 0.05) is 19.6 Å². The summed E-state index contributed by atoms with van der Waals surface area (Å²) in [6.45, 7) is 4.93. The van der Waals surface area contributed by atoms with E-state index in [0.717, 1.165) is 25.8 Å². The van der Waals surface area contributed by atoms with E-state index in [4.69, 9.17) is 0 Å². The Morgan fingerprint density at radius 1 is 1.37 bits per heavy atom. The fraction of sp³-hybridized carbons (Fsp3) is 0.857. The monoisotopic (exact) mass is 268 g/mol. The Hall–Kier alpha value is -1.10. The molecule has 0 aromatic carbocycles. The van der Waals surface area contributed by atoms with Crippen LogP contribution in [-0.2, 0) is 9.59 Å². The molecule has 5 nitrogen and oxygen atoms in total. The highest BCUT2D eigenvalue weighted by Crippen LogP contribution is 2.42. The van der Waals surface area contributed by atoms with Gasteiger partial charge in [0.1, 0.15) is 6.04 Å². The molecule has 5 heteroatoms. The third-order valence-corrected chi connectivity index (χ3v) is 4.75. The van der Waals surface area contributed by atoms with Crippen molar-refractivity contribution in [2.24, 2.45) is 11.8 Å². The van der Waals surface area contributed by atoms with Crippen molar-refractivity contribution in [3.63, 3.8) is 0 Å². The third kappa shape index (κ3) is 2.76. The minimum absolute atomic E-state index is 0.0150. The van der Waals surface area contributed by atoms with Crippen molar-refractivity contribution in [2.75, 3.05) is 20.1 Å². The summed E-state index contributed by atoms with van der Waals surface area (Å²) < 4.78 is 0. The normalized spacial score (nSPS) is 30.6. The topological polar surface area (TPSA) is 60.9 Å². The lowest BCUT2D eigenvalue weighted by molar-refractivity contribution is -0.144. The Morgan fingerprint density at radius 2 is 2.05 bits per heavy atom. The van der Waals surface area contributed by atoms with Gasteiger partial charge in [0.05, 0.1) is 6.54 Å². The predicted molar refractivity (Wildman–Crippen MR) is 71.7 cm³/mol. The van der Waals surface area contributed by atoms with Gasteiger partial charge in [0.25, 0.3) is 0 Å². The lowest BCUT2D eigenvalue weighted by Gasteiger charge is -2.28. The highest BCUT2D eigenvalue weighted by Gasteiger charge is 2.48. The van der Waals surface area contributed by atoms with Crippen LogP contribution in [0.1, 0.15) is 33.1 Å². The number of carboxylic acid groups (broad SMARTS) is 1.